The van der Waals surface area contributed by atoms with Gasteiger partial charge in [-0.05, 0) is 95.7 Å². The fourth-order valence-electron chi connectivity index (χ4n) is 10.7. The molecule has 0 aromatic heterocycles. The van der Waals surface area contributed by atoms with Gasteiger partial charge >= 0.3 is 0 Å². The number of fused-ring (bicyclic) bond motifs is 13. The van der Waals surface area contributed by atoms with Gasteiger partial charge in [-0.1, -0.05) is 218 Å². The highest BCUT2D eigenvalue weighted by molar-refractivity contribution is 6.17. The van der Waals surface area contributed by atoms with Gasteiger partial charge in [0.05, 0.1) is 0 Å². The fraction of sp³-hybridized carbons (Fsp3) is 0.0667. The average molecular weight is 779 g/mol. The predicted molar refractivity (Wildman–Crippen MR) is 256 cm³/mol. The Kier molecular flexibility index (Phi) is 8.35. The van der Waals surface area contributed by atoms with Crippen LogP contribution < -0.4 is 4.74 Å². The van der Waals surface area contributed by atoms with Crippen molar-refractivity contribution in [2.75, 3.05) is 0 Å². The van der Waals surface area contributed by atoms with Crippen LogP contribution in [0.3, 0.4) is 0 Å². The zero-order valence-electron chi connectivity index (χ0n) is 33.8. The van der Waals surface area contributed by atoms with Crippen LogP contribution in [0.4, 0.5) is 0 Å². The molecule has 0 bridgehead atoms. The molecule has 0 saturated carbocycles. The highest BCUT2D eigenvalue weighted by Gasteiger charge is 2.46. The Labute approximate surface area is 356 Å². The monoisotopic (exact) mass is 778 g/mol. The molecule has 11 aromatic rings. The number of hydrogen-bond acceptors (Lipinski definition) is 1. The van der Waals surface area contributed by atoms with Crippen LogP contribution in [0, 0.1) is 0 Å². The third-order valence-electron chi connectivity index (χ3n) is 13.3. The molecule has 0 saturated heterocycles. The molecular formula is C60H42O. The van der Waals surface area contributed by atoms with Crippen LogP contribution >= 0.6 is 0 Å². The Morgan fingerprint density at radius 3 is 1.31 bits per heavy atom. The molecule has 1 aliphatic rings. The van der Waals surface area contributed by atoms with Crippen LogP contribution in [0.5, 0.6) is 11.5 Å². The van der Waals surface area contributed by atoms with E-state index in [1.165, 1.54) is 87.6 Å². The van der Waals surface area contributed by atoms with Crippen molar-refractivity contribution >= 4 is 53.9 Å². The molecule has 1 aliphatic heterocycles. The Bertz CT molecular complexity index is 3330. The molecule has 1 heterocycles. The van der Waals surface area contributed by atoms with Gasteiger partial charge in [-0.15, -0.1) is 0 Å². The summed E-state index contributed by atoms with van der Waals surface area (Å²) in [5.41, 5.74) is 9.82. The van der Waals surface area contributed by atoms with E-state index in [1.54, 1.807) is 0 Å². The van der Waals surface area contributed by atoms with E-state index in [9.17, 15) is 0 Å². The van der Waals surface area contributed by atoms with E-state index in [2.05, 4.69) is 218 Å². The minimum absolute atomic E-state index is 0.501. The van der Waals surface area contributed by atoms with Crippen molar-refractivity contribution in [1.82, 2.24) is 0 Å². The van der Waals surface area contributed by atoms with Crippen LogP contribution in [-0.4, -0.2) is 0 Å². The normalized spacial score (nSPS) is 13.0. The second-order valence-corrected chi connectivity index (χ2v) is 16.8. The SMILES string of the molecule is c1ccc(CC2(Cc3ccc(Cc4cccc5cccc(-c6ccccc6)c45)cc3)c3c(c4ccccc4c4ccccc34)Oc3c2c2ccccc2c2ccccc32)cc1. The second kappa shape index (κ2) is 14.4. The maximum atomic E-state index is 7.51. The third-order valence-corrected chi connectivity index (χ3v) is 13.3. The summed E-state index contributed by atoms with van der Waals surface area (Å²) in [6.45, 7) is 0. The first-order valence-electron chi connectivity index (χ1n) is 21.5. The Balaban J connectivity index is 1.09. The van der Waals surface area contributed by atoms with E-state index in [4.69, 9.17) is 4.74 Å². The third kappa shape index (κ3) is 5.76. The molecule has 1 nitrogen and oxygen atoms in total. The van der Waals surface area contributed by atoms with Crippen molar-refractivity contribution in [2.24, 2.45) is 0 Å². The van der Waals surface area contributed by atoms with Crippen LogP contribution in [0.25, 0.3) is 65.0 Å². The number of rotatable bonds is 7. The lowest BCUT2D eigenvalue weighted by Crippen LogP contribution is -2.37. The molecule has 11 aromatic carbocycles. The quantitative estimate of drug-likeness (QED) is 0.146. The molecule has 1 heteroatoms. The van der Waals surface area contributed by atoms with Crippen LogP contribution in [0.1, 0.15) is 33.4 Å². The van der Waals surface area contributed by atoms with Gasteiger partial charge in [0.15, 0.2) is 0 Å². The van der Waals surface area contributed by atoms with E-state index in [0.29, 0.717) is 0 Å². The lowest BCUT2D eigenvalue weighted by atomic mass is 9.62. The molecule has 288 valence electrons. The van der Waals surface area contributed by atoms with E-state index in [0.717, 1.165) is 41.5 Å². The molecular weight excluding hydrogens is 737 g/mol. The topological polar surface area (TPSA) is 9.23 Å². The maximum Gasteiger partial charge on any atom is 0.140 e. The summed E-state index contributed by atoms with van der Waals surface area (Å²) in [4.78, 5) is 0. The highest BCUT2D eigenvalue weighted by atomic mass is 16.5. The molecule has 0 unspecified atom stereocenters. The lowest BCUT2D eigenvalue weighted by molar-refractivity contribution is 0.399. The number of hydrogen-bond donors (Lipinski definition) is 0. The van der Waals surface area contributed by atoms with E-state index >= 15 is 0 Å². The van der Waals surface area contributed by atoms with Gasteiger partial charge in [0.2, 0.25) is 0 Å². The lowest BCUT2D eigenvalue weighted by Gasteiger charge is -2.43. The Morgan fingerprint density at radius 1 is 0.328 bits per heavy atom. The summed E-state index contributed by atoms with van der Waals surface area (Å²) in [6, 6.07) is 80.5. The zero-order valence-corrected chi connectivity index (χ0v) is 33.8. The van der Waals surface area contributed by atoms with Crippen molar-refractivity contribution in [2.45, 2.75) is 24.7 Å². The van der Waals surface area contributed by atoms with Gasteiger partial charge in [-0.25, -0.2) is 0 Å². The van der Waals surface area contributed by atoms with Crippen molar-refractivity contribution < 1.29 is 4.74 Å². The van der Waals surface area contributed by atoms with Gasteiger partial charge in [-0.2, -0.15) is 0 Å². The minimum Gasteiger partial charge on any atom is -0.455 e. The molecule has 61 heavy (non-hydrogen) atoms. The first-order valence-corrected chi connectivity index (χ1v) is 21.5. The summed E-state index contributed by atoms with van der Waals surface area (Å²) in [5, 5.41) is 12.3. The summed E-state index contributed by atoms with van der Waals surface area (Å²) in [5.74, 6) is 1.94. The summed E-state index contributed by atoms with van der Waals surface area (Å²) in [7, 11) is 0. The number of benzene rings is 11. The molecule has 0 radical (unpaired) electrons. The second-order valence-electron chi connectivity index (χ2n) is 16.8. The average Bonchev–Trinajstić information content (AvgIpc) is 3.32. The van der Waals surface area contributed by atoms with Crippen molar-refractivity contribution in [3.63, 3.8) is 0 Å². The molecule has 0 aliphatic carbocycles. The predicted octanol–water partition coefficient (Wildman–Crippen LogP) is 15.6. The van der Waals surface area contributed by atoms with Crippen molar-refractivity contribution in [3.8, 4) is 22.6 Å². The molecule has 0 fully saturated rings. The van der Waals surface area contributed by atoms with E-state index < -0.39 is 5.41 Å². The van der Waals surface area contributed by atoms with Crippen LogP contribution in [-0.2, 0) is 24.7 Å². The Morgan fingerprint density at radius 2 is 0.754 bits per heavy atom. The first kappa shape index (κ1) is 35.5. The molecule has 0 spiro atoms. The summed E-state index contributed by atoms with van der Waals surface area (Å²) >= 11 is 0. The molecule has 0 N–H and O–H groups in total. The highest BCUT2D eigenvalue weighted by Crippen LogP contribution is 2.60. The molecule has 0 amide bonds. The first-order chi connectivity index (χ1) is 30.2. The van der Waals surface area contributed by atoms with Gasteiger partial charge in [0, 0.05) is 27.3 Å². The number of ether oxygens (including phenoxy) is 1. The van der Waals surface area contributed by atoms with Gasteiger partial charge in [-0.3, -0.25) is 0 Å². The Hall–Kier alpha value is -7.48. The maximum absolute atomic E-state index is 7.51. The zero-order chi connectivity index (χ0) is 40.3. The minimum atomic E-state index is -0.501. The van der Waals surface area contributed by atoms with Crippen LogP contribution in [0.15, 0.2) is 218 Å². The van der Waals surface area contributed by atoms with Crippen molar-refractivity contribution in [3.05, 3.63) is 252 Å². The van der Waals surface area contributed by atoms with Crippen LogP contribution in [0.2, 0.25) is 0 Å². The summed E-state index contributed by atoms with van der Waals surface area (Å²) < 4.78 is 7.51. The van der Waals surface area contributed by atoms with Gasteiger partial charge in [0.1, 0.15) is 11.5 Å². The smallest absolute Gasteiger partial charge is 0.140 e. The summed E-state index contributed by atoms with van der Waals surface area (Å²) in [6.07, 6.45) is 2.45. The van der Waals surface area contributed by atoms with Crippen molar-refractivity contribution in [1.29, 1.82) is 0 Å². The molecule has 12 rings (SSSR count). The largest absolute Gasteiger partial charge is 0.455 e. The molecule has 0 atom stereocenters. The standard InChI is InChI=1S/C60H42O/c1-3-17-41(18-4-1)38-60(39-42-35-33-40(34-36-42)37-45-23-15-21-44-22-16-32-46(55(44)45)43-19-5-2-6-20-43)56-51-28-11-7-24-47(51)49-26-9-13-30-53(49)58(56)61-59-54-31-14-10-27-50(54)48-25-8-12-29-52(48)57(59)60/h1-36H,37-39H2. The van der Waals surface area contributed by atoms with Gasteiger partial charge < -0.3 is 4.74 Å². The van der Waals surface area contributed by atoms with E-state index in [-0.39, 0.29) is 0 Å². The van der Waals surface area contributed by atoms with E-state index in [1.807, 2.05) is 0 Å². The van der Waals surface area contributed by atoms with Gasteiger partial charge in [0.25, 0.3) is 0 Å². The fourth-order valence-corrected chi connectivity index (χ4v) is 10.7.